The largest absolute Gasteiger partial charge is 0.748 e. The molecule has 1 aliphatic rings. The van der Waals surface area contributed by atoms with Crippen molar-refractivity contribution < 1.29 is 22.8 Å². The molecule has 0 bridgehead atoms. The van der Waals surface area contributed by atoms with E-state index in [2.05, 4.69) is 15.4 Å². The lowest BCUT2D eigenvalue weighted by Crippen LogP contribution is -2.31. The van der Waals surface area contributed by atoms with Crippen LogP contribution in [0.2, 0.25) is 0 Å². The van der Waals surface area contributed by atoms with Crippen molar-refractivity contribution in [1.29, 1.82) is 0 Å². The number of hydrazone groups is 1. The van der Waals surface area contributed by atoms with E-state index in [1.165, 1.54) is 10.9 Å². The Balaban J connectivity index is 2.04. The van der Waals surface area contributed by atoms with Gasteiger partial charge in [-0.15, -0.1) is 0 Å². The molecule has 2 heterocycles. The molecular weight excluding hydrogens is 284 g/mol. The molecule has 0 fully saturated rings. The fourth-order valence-corrected chi connectivity index (χ4v) is 2.02. The Labute approximate surface area is 115 Å². The van der Waals surface area contributed by atoms with Gasteiger partial charge in [0.05, 0.1) is 22.1 Å². The van der Waals surface area contributed by atoms with Gasteiger partial charge in [-0.25, -0.2) is 18.4 Å². The van der Waals surface area contributed by atoms with E-state index in [0.29, 0.717) is 5.82 Å². The quantitative estimate of drug-likeness (QED) is 0.531. The predicted octanol–water partition coefficient (Wildman–Crippen LogP) is -1.16. The molecule has 0 spiro atoms. The standard InChI is InChI=1S/C11H12N4O4S/c16-10(8-20(17,18)19)7-15-5-2-9(6-14-15)11-12-3-1-4-13-11/h1-7,10,14,16H,8H2. The third-order valence-electron chi connectivity index (χ3n) is 2.32. The maximum Gasteiger partial charge on any atom is 0.205 e. The number of hydrogen-bond acceptors (Lipinski definition) is 7. The van der Waals surface area contributed by atoms with E-state index in [0.717, 1.165) is 5.57 Å². The van der Waals surface area contributed by atoms with Crippen LogP contribution >= 0.6 is 0 Å². The van der Waals surface area contributed by atoms with E-state index in [-0.39, 0.29) is 0 Å². The molecule has 1 atom stereocenters. The van der Waals surface area contributed by atoms with Crippen LogP contribution in [-0.2, 0) is 10.1 Å². The number of aliphatic hydroxyl groups is 1. The number of aliphatic hydroxyl groups excluding tert-OH is 1. The van der Waals surface area contributed by atoms with Crippen LogP contribution in [0.25, 0.3) is 5.57 Å². The molecule has 20 heavy (non-hydrogen) atoms. The van der Waals surface area contributed by atoms with Gasteiger partial charge in [0.1, 0.15) is 6.10 Å². The minimum atomic E-state index is -4.47. The third-order valence-corrected chi connectivity index (χ3v) is 3.07. The summed E-state index contributed by atoms with van der Waals surface area (Å²) in [5.74, 6) is -0.351. The minimum absolute atomic E-state index is 0.526. The average molecular weight is 296 g/mol. The third kappa shape index (κ3) is 4.23. The zero-order valence-electron chi connectivity index (χ0n) is 10.2. The summed E-state index contributed by atoms with van der Waals surface area (Å²) >= 11 is 0. The fourth-order valence-electron chi connectivity index (χ4n) is 1.51. The molecule has 1 aliphatic heterocycles. The first-order valence-corrected chi connectivity index (χ1v) is 7.19. The zero-order valence-corrected chi connectivity index (χ0v) is 11.1. The number of rotatable bonds is 4. The van der Waals surface area contributed by atoms with Crippen molar-refractivity contribution in [2.45, 2.75) is 6.10 Å². The van der Waals surface area contributed by atoms with Gasteiger partial charge in [-0.05, 0) is 6.07 Å². The normalized spacial score (nSPS) is 18.5. The molecule has 0 aromatic carbocycles. The molecule has 9 heteroatoms. The molecule has 0 radical (unpaired) electrons. The van der Waals surface area contributed by atoms with Crippen LogP contribution in [0, 0.1) is 0 Å². The average Bonchev–Trinajstić information content (AvgIpc) is 2.38. The lowest BCUT2D eigenvalue weighted by molar-refractivity contribution is -0.509. The van der Waals surface area contributed by atoms with Crippen LogP contribution in [0.4, 0.5) is 0 Å². The van der Waals surface area contributed by atoms with Gasteiger partial charge in [-0.1, -0.05) is 4.68 Å². The van der Waals surface area contributed by atoms with E-state index >= 15 is 0 Å². The lowest BCUT2D eigenvalue weighted by Gasteiger charge is -2.09. The topological polar surface area (TPSA) is 118 Å². The molecule has 0 saturated carbocycles. The zero-order chi connectivity index (χ0) is 14.6. The van der Waals surface area contributed by atoms with Crippen molar-refractivity contribution in [3.8, 4) is 0 Å². The Hall–Kier alpha value is -2.10. The van der Waals surface area contributed by atoms with Gasteiger partial charge < -0.3 is 9.66 Å². The molecular formula is C11H12N4O4S. The molecule has 0 aliphatic carbocycles. The molecule has 8 nitrogen and oxygen atoms in total. The number of hydrazine groups is 1. The molecule has 0 amide bonds. The van der Waals surface area contributed by atoms with Crippen molar-refractivity contribution in [1.82, 2.24) is 15.4 Å². The SMILES string of the molecule is O=S(=O)([O-])CC(O)C=[N+]1C=CC(c2ncccn2)=CN1. The number of aromatic nitrogens is 2. The van der Waals surface area contributed by atoms with Crippen molar-refractivity contribution in [3.05, 3.63) is 42.8 Å². The minimum Gasteiger partial charge on any atom is -0.748 e. The first-order chi connectivity index (χ1) is 9.44. The summed E-state index contributed by atoms with van der Waals surface area (Å²) in [5, 5.41) is 9.42. The Morgan fingerprint density at radius 2 is 2.15 bits per heavy atom. The van der Waals surface area contributed by atoms with E-state index in [4.69, 9.17) is 0 Å². The summed E-state index contributed by atoms with van der Waals surface area (Å²) in [6, 6.07) is 1.70. The Morgan fingerprint density at radius 1 is 1.45 bits per heavy atom. The van der Waals surface area contributed by atoms with Gasteiger partial charge in [0.15, 0.2) is 12.0 Å². The summed E-state index contributed by atoms with van der Waals surface area (Å²) in [5.41, 5.74) is 3.50. The maximum atomic E-state index is 10.5. The summed E-state index contributed by atoms with van der Waals surface area (Å²) in [4.78, 5) is 8.13. The molecule has 0 saturated heterocycles. The van der Waals surface area contributed by atoms with Gasteiger partial charge >= 0.3 is 0 Å². The lowest BCUT2D eigenvalue weighted by atomic mass is 10.2. The number of hydrogen-bond donors (Lipinski definition) is 2. The van der Waals surface area contributed by atoms with Crippen LogP contribution in [0.1, 0.15) is 5.82 Å². The second-order valence-electron chi connectivity index (χ2n) is 3.96. The van der Waals surface area contributed by atoms with Gasteiger partial charge in [0.25, 0.3) is 0 Å². The predicted molar refractivity (Wildman–Crippen MR) is 69.2 cm³/mol. The van der Waals surface area contributed by atoms with Crippen LogP contribution in [-0.4, -0.2) is 50.8 Å². The first-order valence-electron chi connectivity index (χ1n) is 5.61. The van der Waals surface area contributed by atoms with Crippen molar-refractivity contribution in [2.24, 2.45) is 0 Å². The number of nitrogens with zero attached hydrogens (tertiary/aromatic N) is 3. The summed E-state index contributed by atoms with van der Waals surface area (Å²) in [6.45, 7) is 0. The molecule has 2 rings (SSSR count). The number of nitrogens with one attached hydrogen (secondary N) is 1. The van der Waals surface area contributed by atoms with E-state index in [1.807, 2.05) is 0 Å². The number of allylic oxidation sites excluding steroid dienone is 2. The summed E-state index contributed by atoms with van der Waals surface area (Å²) < 4.78 is 32.8. The second-order valence-corrected chi connectivity index (χ2v) is 5.41. The van der Waals surface area contributed by atoms with Crippen LogP contribution < -0.4 is 5.43 Å². The Morgan fingerprint density at radius 3 is 2.70 bits per heavy atom. The van der Waals surface area contributed by atoms with Gasteiger partial charge in [-0.3, -0.25) is 0 Å². The highest BCUT2D eigenvalue weighted by atomic mass is 32.2. The van der Waals surface area contributed by atoms with E-state index in [1.54, 1.807) is 36.9 Å². The molecule has 1 aromatic rings. The molecule has 1 aromatic heterocycles. The highest BCUT2D eigenvalue weighted by Gasteiger charge is 2.14. The summed E-state index contributed by atoms with van der Waals surface area (Å²) in [7, 11) is -4.47. The molecule has 1 unspecified atom stereocenters. The van der Waals surface area contributed by atoms with Crippen LogP contribution in [0.3, 0.4) is 0 Å². The molecule has 106 valence electrons. The van der Waals surface area contributed by atoms with Gasteiger partial charge in [0.2, 0.25) is 6.21 Å². The Bertz CT molecular complexity index is 667. The fraction of sp³-hybridized carbons (Fsp3) is 0.182. The monoisotopic (exact) mass is 296 g/mol. The van der Waals surface area contributed by atoms with Crippen molar-refractivity contribution in [2.75, 3.05) is 5.75 Å². The smallest absolute Gasteiger partial charge is 0.205 e. The van der Waals surface area contributed by atoms with Gasteiger partial charge in [-0.2, -0.15) is 5.43 Å². The Kier molecular flexibility index (Phi) is 4.23. The van der Waals surface area contributed by atoms with Crippen LogP contribution in [0.5, 0.6) is 0 Å². The highest BCUT2D eigenvalue weighted by molar-refractivity contribution is 7.85. The van der Waals surface area contributed by atoms with Gasteiger partial charge in [0, 0.05) is 24.0 Å². The van der Waals surface area contributed by atoms with E-state index in [9.17, 15) is 18.1 Å². The second kappa shape index (κ2) is 5.90. The van der Waals surface area contributed by atoms with Crippen LogP contribution in [0.15, 0.2) is 36.9 Å². The van der Waals surface area contributed by atoms with Crippen molar-refractivity contribution in [3.63, 3.8) is 0 Å². The first kappa shape index (κ1) is 14.3. The molecule has 2 N–H and O–H groups in total. The van der Waals surface area contributed by atoms with E-state index < -0.39 is 22.0 Å². The summed E-state index contributed by atoms with van der Waals surface area (Å²) in [6.07, 6.45) is 7.82. The highest BCUT2D eigenvalue weighted by Crippen LogP contribution is 2.11. The maximum absolute atomic E-state index is 10.5. The van der Waals surface area contributed by atoms with Crippen molar-refractivity contribution >= 4 is 21.9 Å².